The van der Waals surface area contributed by atoms with Crippen molar-refractivity contribution in [2.75, 3.05) is 13.1 Å². The summed E-state index contributed by atoms with van der Waals surface area (Å²) in [5.74, 6) is 1.36. The molecule has 0 saturated carbocycles. The molecule has 0 aromatic rings. The van der Waals surface area contributed by atoms with E-state index in [0.717, 1.165) is 25.9 Å². The van der Waals surface area contributed by atoms with Crippen LogP contribution in [0.2, 0.25) is 0 Å². The van der Waals surface area contributed by atoms with E-state index in [-0.39, 0.29) is 24.4 Å². The summed E-state index contributed by atoms with van der Waals surface area (Å²) in [6, 6.07) is 0.280. The fourth-order valence-corrected chi connectivity index (χ4v) is 3.88. The van der Waals surface area contributed by atoms with Crippen LogP contribution in [0.5, 0.6) is 0 Å². The minimum absolute atomic E-state index is 0. The van der Waals surface area contributed by atoms with Gasteiger partial charge in [-0.2, -0.15) is 0 Å². The molecule has 1 amide bonds. The van der Waals surface area contributed by atoms with Gasteiger partial charge in [0.25, 0.3) is 0 Å². The van der Waals surface area contributed by atoms with E-state index in [0.29, 0.717) is 30.5 Å². The predicted octanol–water partition coefficient (Wildman–Crippen LogP) is 1.87. The molecule has 3 rings (SSSR count). The Morgan fingerprint density at radius 1 is 1.40 bits per heavy atom. The number of hydrogen-bond donors (Lipinski definition) is 2. The van der Waals surface area contributed by atoms with E-state index in [1.54, 1.807) is 0 Å². The number of piperidine rings is 1. The molecular formula is C15H27ClN2O2. The lowest BCUT2D eigenvalue weighted by atomic mass is 9.85. The molecule has 0 aromatic heterocycles. The SMILES string of the molecule is CC(CC(=O)NC1CC2CCC1O2)C1CCCNC1.Cl. The van der Waals surface area contributed by atoms with E-state index in [2.05, 4.69) is 17.6 Å². The number of carbonyl (C=O) groups excluding carboxylic acids is 1. The molecule has 3 aliphatic rings. The van der Waals surface area contributed by atoms with Gasteiger partial charge in [0.15, 0.2) is 0 Å². The van der Waals surface area contributed by atoms with Gasteiger partial charge in [0.1, 0.15) is 0 Å². The van der Waals surface area contributed by atoms with Gasteiger partial charge in [-0.25, -0.2) is 0 Å². The van der Waals surface area contributed by atoms with E-state index < -0.39 is 0 Å². The number of carbonyl (C=O) groups is 1. The van der Waals surface area contributed by atoms with E-state index in [9.17, 15) is 4.79 Å². The van der Waals surface area contributed by atoms with Gasteiger partial charge < -0.3 is 15.4 Å². The molecule has 5 unspecified atom stereocenters. The van der Waals surface area contributed by atoms with Crippen LogP contribution < -0.4 is 10.6 Å². The highest BCUT2D eigenvalue weighted by molar-refractivity contribution is 5.85. The van der Waals surface area contributed by atoms with E-state index in [1.807, 2.05) is 0 Å². The van der Waals surface area contributed by atoms with Gasteiger partial charge in [0, 0.05) is 6.42 Å². The molecule has 0 radical (unpaired) electrons. The molecule has 3 aliphatic heterocycles. The first-order chi connectivity index (χ1) is 9.22. The number of ether oxygens (including phenoxy) is 1. The summed E-state index contributed by atoms with van der Waals surface area (Å²) in [4.78, 5) is 12.1. The first-order valence-corrected chi connectivity index (χ1v) is 7.88. The maximum atomic E-state index is 12.1. The smallest absolute Gasteiger partial charge is 0.220 e. The Kier molecular flexibility index (Phi) is 5.70. The minimum Gasteiger partial charge on any atom is -0.373 e. The van der Waals surface area contributed by atoms with Gasteiger partial charge in [0.2, 0.25) is 5.91 Å². The summed E-state index contributed by atoms with van der Waals surface area (Å²) in [6.07, 6.45) is 7.21. The average molecular weight is 303 g/mol. The van der Waals surface area contributed by atoms with Crippen LogP contribution in [0.15, 0.2) is 0 Å². The normalized spacial score (nSPS) is 37.2. The van der Waals surface area contributed by atoms with Crippen molar-refractivity contribution in [3.05, 3.63) is 0 Å². The number of hydrogen-bond acceptors (Lipinski definition) is 3. The largest absolute Gasteiger partial charge is 0.373 e. The van der Waals surface area contributed by atoms with Crippen molar-refractivity contribution in [2.24, 2.45) is 11.8 Å². The van der Waals surface area contributed by atoms with Crippen LogP contribution in [-0.4, -0.2) is 37.2 Å². The van der Waals surface area contributed by atoms with Crippen LogP contribution in [0.4, 0.5) is 0 Å². The highest BCUT2D eigenvalue weighted by Gasteiger charge is 2.41. The lowest BCUT2D eigenvalue weighted by Crippen LogP contribution is -2.43. The van der Waals surface area contributed by atoms with Crippen LogP contribution in [0.3, 0.4) is 0 Å². The molecule has 2 N–H and O–H groups in total. The summed E-state index contributed by atoms with van der Waals surface area (Å²) in [5, 5.41) is 6.63. The fourth-order valence-electron chi connectivity index (χ4n) is 3.88. The van der Waals surface area contributed by atoms with Gasteiger partial charge >= 0.3 is 0 Å². The Labute approximate surface area is 127 Å². The van der Waals surface area contributed by atoms with Crippen molar-refractivity contribution < 1.29 is 9.53 Å². The first-order valence-electron chi connectivity index (χ1n) is 7.88. The molecule has 5 heteroatoms. The molecule has 116 valence electrons. The molecule has 20 heavy (non-hydrogen) atoms. The number of rotatable bonds is 4. The quantitative estimate of drug-likeness (QED) is 0.833. The number of nitrogens with one attached hydrogen (secondary N) is 2. The van der Waals surface area contributed by atoms with Crippen LogP contribution in [0, 0.1) is 11.8 Å². The Bertz CT molecular complexity index is 334. The summed E-state index contributed by atoms with van der Waals surface area (Å²) >= 11 is 0. The number of halogens is 1. The summed E-state index contributed by atoms with van der Waals surface area (Å²) in [6.45, 7) is 4.43. The second-order valence-corrected chi connectivity index (χ2v) is 6.57. The van der Waals surface area contributed by atoms with E-state index in [1.165, 1.54) is 19.3 Å². The maximum Gasteiger partial charge on any atom is 0.220 e. The van der Waals surface area contributed by atoms with Crippen LogP contribution >= 0.6 is 12.4 Å². The molecule has 0 aliphatic carbocycles. The Balaban J connectivity index is 0.00000147. The Morgan fingerprint density at radius 3 is 2.85 bits per heavy atom. The van der Waals surface area contributed by atoms with Crippen molar-refractivity contribution in [2.45, 2.75) is 63.7 Å². The molecular weight excluding hydrogens is 276 g/mol. The maximum absolute atomic E-state index is 12.1. The average Bonchev–Trinajstić information content (AvgIpc) is 3.02. The highest BCUT2D eigenvalue weighted by Crippen LogP contribution is 2.34. The second kappa shape index (κ2) is 7.10. The van der Waals surface area contributed by atoms with Crippen molar-refractivity contribution in [3.63, 3.8) is 0 Å². The van der Waals surface area contributed by atoms with Crippen LogP contribution in [-0.2, 0) is 9.53 Å². The van der Waals surface area contributed by atoms with Gasteiger partial charge in [-0.1, -0.05) is 6.92 Å². The minimum atomic E-state index is 0. The molecule has 3 heterocycles. The zero-order valence-corrected chi connectivity index (χ0v) is 13.1. The zero-order chi connectivity index (χ0) is 13.2. The summed E-state index contributed by atoms with van der Waals surface area (Å²) in [7, 11) is 0. The molecule has 2 bridgehead atoms. The highest BCUT2D eigenvalue weighted by atomic mass is 35.5. The van der Waals surface area contributed by atoms with Crippen molar-refractivity contribution >= 4 is 18.3 Å². The van der Waals surface area contributed by atoms with Gasteiger partial charge in [0.05, 0.1) is 18.2 Å². The van der Waals surface area contributed by atoms with Crippen molar-refractivity contribution in [1.29, 1.82) is 0 Å². The van der Waals surface area contributed by atoms with Gasteiger partial charge in [-0.05, 0) is 57.0 Å². The topological polar surface area (TPSA) is 50.4 Å². The Hall–Kier alpha value is -0.320. The molecule has 3 fully saturated rings. The molecule has 4 nitrogen and oxygen atoms in total. The monoisotopic (exact) mass is 302 g/mol. The van der Waals surface area contributed by atoms with Gasteiger partial charge in [-0.15, -0.1) is 12.4 Å². The first kappa shape index (κ1) is 16.1. The van der Waals surface area contributed by atoms with Crippen molar-refractivity contribution in [3.8, 4) is 0 Å². The number of fused-ring (bicyclic) bond motifs is 2. The van der Waals surface area contributed by atoms with Gasteiger partial charge in [-0.3, -0.25) is 4.79 Å². The van der Waals surface area contributed by atoms with E-state index in [4.69, 9.17) is 4.74 Å². The van der Waals surface area contributed by atoms with Crippen LogP contribution in [0.25, 0.3) is 0 Å². The van der Waals surface area contributed by atoms with Crippen LogP contribution in [0.1, 0.15) is 45.4 Å². The Morgan fingerprint density at radius 2 is 2.25 bits per heavy atom. The molecule has 0 aromatic carbocycles. The standard InChI is InChI=1S/C15H26N2O2.ClH/c1-10(11-3-2-6-16-9-11)7-15(18)17-13-8-12-4-5-14(13)19-12;/h10-14,16H,2-9H2,1H3,(H,17,18);1H. The molecule has 5 atom stereocenters. The predicted molar refractivity (Wildman–Crippen MR) is 81.1 cm³/mol. The summed E-state index contributed by atoms with van der Waals surface area (Å²) < 4.78 is 5.78. The lowest BCUT2D eigenvalue weighted by molar-refractivity contribution is -0.123. The van der Waals surface area contributed by atoms with Crippen molar-refractivity contribution in [1.82, 2.24) is 10.6 Å². The lowest BCUT2D eigenvalue weighted by Gasteiger charge is -2.28. The third-order valence-electron chi connectivity index (χ3n) is 5.10. The molecule has 0 spiro atoms. The molecule has 3 saturated heterocycles. The van der Waals surface area contributed by atoms with E-state index >= 15 is 0 Å². The fraction of sp³-hybridized carbons (Fsp3) is 0.933. The number of amides is 1. The third kappa shape index (κ3) is 3.66. The third-order valence-corrected chi connectivity index (χ3v) is 5.10. The summed E-state index contributed by atoms with van der Waals surface area (Å²) in [5.41, 5.74) is 0. The zero-order valence-electron chi connectivity index (χ0n) is 12.3. The second-order valence-electron chi connectivity index (χ2n) is 6.57.